The van der Waals surface area contributed by atoms with Crippen molar-refractivity contribution in [3.8, 4) is 0 Å². The van der Waals surface area contributed by atoms with E-state index in [-0.39, 0.29) is 31.1 Å². The van der Waals surface area contributed by atoms with Crippen molar-refractivity contribution in [2.24, 2.45) is 0 Å². The summed E-state index contributed by atoms with van der Waals surface area (Å²) in [4.78, 5) is 38.2. The Balaban J connectivity index is 4.34. The second-order valence-corrected chi connectivity index (χ2v) is 20.6. The highest BCUT2D eigenvalue weighted by molar-refractivity contribution is 5.71. The first-order valence-corrected chi connectivity index (χ1v) is 30.5. The van der Waals surface area contributed by atoms with Crippen molar-refractivity contribution in [2.45, 2.75) is 335 Å². The van der Waals surface area contributed by atoms with Gasteiger partial charge in [0, 0.05) is 19.3 Å². The van der Waals surface area contributed by atoms with Crippen LogP contribution in [0, 0.1) is 0 Å². The minimum absolute atomic E-state index is 0.0727. The number of esters is 3. The summed E-state index contributed by atoms with van der Waals surface area (Å²) in [6.45, 7) is 6.65. The van der Waals surface area contributed by atoms with Crippen LogP contribution in [-0.2, 0) is 28.6 Å². The first-order valence-electron chi connectivity index (χ1n) is 30.5. The maximum atomic E-state index is 12.9. The van der Waals surface area contributed by atoms with Crippen LogP contribution in [0.1, 0.15) is 329 Å². The molecule has 404 valence electrons. The lowest BCUT2D eigenvalue weighted by molar-refractivity contribution is -0.167. The molecule has 6 heteroatoms. The topological polar surface area (TPSA) is 78.9 Å². The molecular formula is C63H116O6. The smallest absolute Gasteiger partial charge is 0.306 e. The number of ether oxygens (including phenoxy) is 3. The van der Waals surface area contributed by atoms with Gasteiger partial charge in [-0.1, -0.05) is 269 Å². The Morgan fingerprint density at radius 2 is 0.522 bits per heavy atom. The van der Waals surface area contributed by atoms with Crippen molar-refractivity contribution in [1.29, 1.82) is 0 Å². The molecule has 0 amide bonds. The monoisotopic (exact) mass is 969 g/mol. The van der Waals surface area contributed by atoms with Crippen molar-refractivity contribution in [3.63, 3.8) is 0 Å². The summed E-state index contributed by atoms with van der Waals surface area (Å²) in [6.07, 6.45) is 69.9. The van der Waals surface area contributed by atoms with Crippen molar-refractivity contribution < 1.29 is 28.6 Å². The van der Waals surface area contributed by atoms with Crippen LogP contribution in [0.15, 0.2) is 36.5 Å². The van der Waals surface area contributed by atoms with Gasteiger partial charge < -0.3 is 14.2 Å². The molecule has 0 saturated heterocycles. The molecule has 0 spiro atoms. The zero-order valence-electron chi connectivity index (χ0n) is 46.3. The molecule has 0 unspecified atom stereocenters. The second-order valence-electron chi connectivity index (χ2n) is 20.6. The van der Waals surface area contributed by atoms with Gasteiger partial charge in [0.05, 0.1) is 0 Å². The molecule has 0 aliphatic heterocycles. The Labute approximate surface area is 429 Å². The third kappa shape index (κ3) is 56.4. The Morgan fingerprint density at radius 1 is 0.290 bits per heavy atom. The van der Waals surface area contributed by atoms with Gasteiger partial charge in [-0.2, -0.15) is 0 Å². The molecule has 1 atom stereocenters. The van der Waals surface area contributed by atoms with Crippen LogP contribution in [0.25, 0.3) is 0 Å². The van der Waals surface area contributed by atoms with Crippen LogP contribution >= 0.6 is 0 Å². The molecule has 69 heavy (non-hydrogen) atoms. The lowest BCUT2D eigenvalue weighted by Gasteiger charge is -2.18. The van der Waals surface area contributed by atoms with E-state index in [4.69, 9.17) is 14.2 Å². The van der Waals surface area contributed by atoms with Crippen LogP contribution < -0.4 is 0 Å². The highest BCUT2D eigenvalue weighted by Gasteiger charge is 2.19. The highest BCUT2D eigenvalue weighted by atomic mass is 16.6. The number of unbranched alkanes of at least 4 members (excludes halogenated alkanes) is 39. The Morgan fingerprint density at radius 3 is 0.841 bits per heavy atom. The van der Waals surface area contributed by atoms with Gasteiger partial charge in [-0.3, -0.25) is 14.4 Å². The second kappa shape index (κ2) is 58.2. The Kier molecular flexibility index (Phi) is 56.2. The van der Waals surface area contributed by atoms with E-state index in [2.05, 4.69) is 57.2 Å². The SMILES string of the molecule is CCCCC/C=C\C/C=C\CCCCCCCCCCCC(=O)OC[C@@H](COC(=O)CCCCCCCCCCCCCCCCCC)OC(=O)CCCCCCC/C=C\CCCCCCCCC. The van der Waals surface area contributed by atoms with Gasteiger partial charge in [-0.15, -0.1) is 0 Å². The van der Waals surface area contributed by atoms with E-state index in [1.165, 1.54) is 218 Å². The third-order valence-corrected chi connectivity index (χ3v) is 13.6. The molecule has 0 heterocycles. The maximum absolute atomic E-state index is 12.9. The summed E-state index contributed by atoms with van der Waals surface area (Å²) in [7, 11) is 0. The van der Waals surface area contributed by atoms with Crippen molar-refractivity contribution in [1.82, 2.24) is 0 Å². The highest BCUT2D eigenvalue weighted by Crippen LogP contribution is 2.17. The van der Waals surface area contributed by atoms with E-state index in [0.717, 1.165) is 70.6 Å². The largest absolute Gasteiger partial charge is 0.462 e. The van der Waals surface area contributed by atoms with Gasteiger partial charge in [0.15, 0.2) is 6.10 Å². The molecule has 0 fully saturated rings. The fourth-order valence-corrected chi connectivity index (χ4v) is 9.00. The van der Waals surface area contributed by atoms with E-state index < -0.39 is 6.10 Å². The summed E-state index contributed by atoms with van der Waals surface area (Å²) in [5.74, 6) is -0.865. The van der Waals surface area contributed by atoms with E-state index in [0.29, 0.717) is 19.3 Å². The zero-order valence-corrected chi connectivity index (χ0v) is 46.3. The lowest BCUT2D eigenvalue weighted by atomic mass is 10.0. The molecule has 0 aromatic carbocycles. The average Bonchev–Trinajstić information content (AvgIpc) is 3.35. The quantitative estimate of drug-likeness (QED) is 0.0261. The van der Waals surface area contributed by atoms with Gasteiger partial charge in [0.2, 0.25) is 0 Å². The summed E-state index contributed by atoms with van der Waals surface area (Å²) >= 11 is 0. The van der Waals surface area contributed by atoms with E-state index in [1.807, 2.05) is 0 Å². The first kappa shape index (κ1) is 66.6. The van der Waals surface area contributed by atoms with Crippen LogP contribution in [0.4, 0.5) is 0 Å². The van der Waals surface area contributed by atoms with Crippen LogP contribution in [0.3, 0.4) is 0 Å². The Bertz CT molecular complexity index is 1160. The molecule has 0 radical (unpaired) electrons. The Hall–Kier alpha value is -2.37. The number of carbonyl (C=O) groups is 3. The molecule has 0 saturated carbocycles. The van der Waals surface area contributed by atoms with E-state index in [9.17, 15) is 14.4 Å². The number of carbonyl (C=O) groups excluding carboxylic acids is 3. The molecular weight excluding hydrogens is 853 g/mol. The molecule has 0 aromatic heterocycles. The normalized spacial score (nSPS) is 12.2. The van der Waals surface area contributed by atoms with Crippen molar-refractivity contribution >= 4 is 17.9 Å². The zero-order chi connectivity index (χ0) is 50.0. The van der Waals surface area contributed by atoms with Gasteiger partial charge in [-0.05, 0) is 77.0 Å². The standard InChI is InChI=1S/C63H116O6/c1-4-7-10-13-16-19-22-25-28-31-32-33-36-38-41-44-47-50-53-56-62(65)68-59-60(69-63(66)57-54-51-48-45-42-39-35-30-27-24-21-18-15-12-9-6-3)58-67-61(64)55-52-49-46-43-40-37-34-29-26-23-20-17-14-11-8-5-2/h16,19,25,28,30,35,60H,4-15,17-18,20-24,26-27,29,31-34,36-59H2,1-3H3/b19-16-,28-25-,35-30-/t60-/m1/s1. The van der Waals surface area contributed by atoms with Gasteiger partial charge in [0.1, 0.15) is 13.2 Å². The third-order valence-electron chi connectivity index (χ3n) is 13.6. The van der Waals surface area contributed by atoms with Crippen LogP contribution in [-0.4, -0.2) is 37.2 Å². The average molecular weight is 970 g/mol. The lowest BCUT2D eigenvalue weighted by Crippen LogP contribution is -2.30. The number of hydrogen-bond acceptors (Lipinski definition) is 6. The predicted octanol–water partition coefficient (Wildman–Crippen LogP) is 20.4. The summed E-state index contributed by atoms with van der Waals surface area (Å²) < 4.78 is 16.9. The fourth-order valence-electron chi connectivity index (χ4n) is 9.00. The first-order chi connectivity index (χ1) is 34.0. The van der Waals surface area contributed by atoms with E-state index >= 15 is 0 Å². The van der Waals surface area contributed by atoms with Crippen LogP contribution in [0.5, 0.6) is 0 Å². The molecule has 0 aliphatic carbocycles. The van der Waals surface area contributed by atoms with Crippen LogP contribution in [0.2, 0.25) is 0 Å². The molecule has 0 bridgehead atoms. The van der Waals surface area contributed by atoms with Gasteiger partial charge in [0.25, 0.3) is 0 Å². The minimum Gasteiger partial charge on any atom is -0.462 e. The molecule has 0 rings (SSSR count). The fraction of sp³-hybridized carbons (Fsp3) is 0.857. The molecule has 0 aliphatic rings. The number of allylic oxidation sites excluding steroid dienone is 6. The number of rotatable bonds is 56. The van der Waals surface area contributed by atoms with Crippen molar-refractivity contribution in [3.05, 3.63) is 36.5 Å². The van der Waals surface area contributed by atoms with Gasteiger partial charge >= 0.3 is 17.9 Å². The summed E-state index contributed by atoms with van der Waals surface area (Å²) in [5.41, 5.74) is 0. The van der Waals surface area contributed by atoms with E-state index in [1.54, 1.807) is 0 Å². The van der Waals surface area contributed by atoms with Gasteiger partial charge in [-0.25, -0.2) is 0 Å². The summed E-state index contributed by atoms with van der Waals surface area (Å²) in [5, 5.41) is 0. The number of hydrogen-bond donors (Lipinski definition) is 0. The molecule has 0 aromatic rings. The van der Waals surface area contributed by atoms with Crippen molar-refractivity contribution in [2.75, 3.05) is 13.2 Å². The molecule has 6 nitrogen and oxygen atoms in total. The summed E-state index contributed by atoms with van der Waals surface area (Å²) in [6, 6.07) is 0. The molecule has 0 N–H and O–H groups in total. The predicted molar refractivity (Wildman–Crippen MR) is 298 cm³/mol. The minimum atomic E-state index is -0.776. The maximum Gasteiger partial charge on any atom is 0.306 e.